The summed E-state index contributed by atoms with van der Waals surface area (Å²) in [6, 6.07) is 5.59. The molecule has 2 aromatic rings. The Morgan fingerprint density at radius 3 is 2.78 bits per heavy atom. The number of amides is 1. The van der Waals surface area contributed by atoms with Gasteiger partial charge in [-0.25, -0.2) is 4.79 Å². The van der Waals surface area contributed by atoms with E-state index in [4.69, 9.17) is 21.1 Å². The van der Waals surface area contributed by atoms with E-state index in [1.165, 1.54) is 0 Å². The summed E-state index contributed by atoms with van der Waals surface area (Å²) in [6.45, 7) is 7.88. The average molecular weight is 339 g/mol. The van der Waals surface area contributed by atoms with Crippen molar-refractivity contribution in [1.29, 1.82) is 0 Å². The van der Waals surface area contributed by atoms with Crippen LogP contribution in [0.2, 0.25) is 0 Å². The summed E-state index contributed by atoms with van der Waals surface area (Å²) < 4.78 is 10.9. The molecule has 1 amide bonds. The molecule has 0 saturated heterocycles. The summed E-state index contributed by atoms with van der Waals surface area (Å²) in [5, 5.41) is 3.85. The maximum atomic E-state index is 11.9. The normalized spacial score (nSPS) is 12.9. The summed E-state index contributed by atoms with van der Waals surface area (Å²) in [6.07, 6.45) is 1.45. The van der Waals surface area contributed by atoms with Gasteiger partial charge >= 0.3 is 6.09 Å². The zero-order valence-corrected chi connectivity index (χ0v) is 14.7. The van der Waals surface area contributed by atoms with Gasteiger partial charge in [0.05, 0.1) is 11.9 Å². The van der Waals surface area contributed by atoms with E-state index in [0.717, 1.165) is 22.2 Å². The van der Waals surface area contributed by atoms with Crippen molar-refractivity contribution in [3.8, 4) is 5.75 Å². The molecule has 0 saturated carbocycles. The smallest absolute Gasteiger partial charge is 0.408 e. The number of nitrogens with one attached hydrogen (secondary N) is 2. The first kappa shape index (κ1) is 17.5. The molecule has 1 unspecified atom stereocenters. The van der Waals surface area contributed by atoms with Crippen LogP contribution in [0.15, 0.2) is 24.4 Å². The third-order valence-corrected chi connectivity index (χ3v) is 3.39. The van der Waals surface area contributed by atoms with Crippen LogP contribution in [-0.2, 0) is 4.74 Å². The number of carbonyl (C=O) groups is 1. The fraction of sp³-hybridized carbons (Fsp3) is 0.471. The molecule has 1 atom stereocenters. The van der Waals surface area contributed by atoms with Crippen molar-refractivity contribution in [3.05, 3.63) is 30.0 Å². The van der Waals surface area contributed by atoms with Gasteiger partial charge in [0.25, 0.3) is 0 Å². The van der Waals surface area contributed by atoms with Crippen molar-refractivity contribution in [3.63, 3.8) is 0 Å². The lowest BCUT2D eigenvalue weighted by Crippen LogP contribution is -2.33. The second-order valence-electron chi connectivity index (χ2n) is 6.36. The number of rotatable bonds is 5. The minimum Gasteiger partial charge on any atom is -0.492 e. The van der Waals surface area contributed by atoms with Crippen LogP contribution in [-0.4, -0.2) is 29.2 Å². The largest absolute Gasteiger partial charge is 0.492 e. The van der Waals surface area contributed by atoms with Gasteiger partial charge in [0, 0.05) is 17.1 Å². The van der Waals surface area contributed by atoms with Crippen LogP contribution in [0.4, 0.5) is 4.79 Å². The Balaban J connectivity index is 2.16. The molecular formula is C17H23ClN2O3. The topological polar surface area (TPSA) is 63.3 Å². The van der Waals surface area contributed by atoms with E-state index in [2.05, 4.69) is 10.3 Å². The van der Waals surface area contributed by atoms with Crippen LogP contribution in [0.25, 0.3) is 10.9 Å². The molecule has 0 radical (unpaired) electrons. The van der Waals surface area contributed by atoms with E-state index in [1.54, 1.807) is 0 Å². The van der Waals surface area contributed by atoms with Crippen LogP contribution in [0.1, 0.15) is 39.3 Å². The monoisotopic (exact) mass is 338 g/mol. The highest BCUT2D eigenvalue weighted by Crippen LogP contribution is 2.28. The molecular weight excluding hydrogens is 316 g/mol. The molecule has 23 heavy (non-hydrogen) atoms. The third kappa shape index (κ3) is 4.79. The molecule has 6 heteroatoms. The fourth-order valence-corrected chi connectivity index (χ4v) is 2.37. The van der Waals surface area contributed by atoms with Crippen LogP contribution in [0.3, 0.4) is 0 Å². The summed E-state index contributed by atoms with van der Waals surface area (Å²) in [4.78, 5) is 15.1. The Kier molecular flexibility index (Phi) is 5.42. The fourth-order valence-electron chi connectivity index (χ4n) is 2.29. The lowest BCUT2D eigenvalue weighted by molar-refractivity contribution is 0.0508. The van der Waals surface area contributed by atoms with Gasteiger partial charge in [0.1, 0.15) is 18.0 Å². The number of ether oxygens (including phenoxy) is 2. The van der Waals surface area contributed by atoms with Gasteiger partial charge in [0.15, 0.2) is 0 Å². The Morgan fingerprint density at radius 1 is 1.39 bits per heavy atom. The van der Waals surface area contributed by atoms with Crippen LogP contribution < -0.4 is 10.1 Å². The van der Waals surface area contributed by atoms with Crippen molar-refractivity contribution in [2.75, 3.05) is 12.5 Å². The first-order valence-electron chi connectivity index (χ1n) is 7.59. The molecule has 0 aliphatic carbocycles. The van der Waals surface area contributed by atoms with Gasteiger partial charge in [-0.05, 0) is 51.5 Å². The van der Waals surface area contributed by atoms with Gasteiger partial charge in [-0.1, -0.05) is 0 Å². The van der Waals surface area contributed by atoms with E-state index in [0.29, 0.717) is 12.5 Å². The number of hydrogen-bond donors (Lipinski definition) is 2. The predicted molar refractivity (Wildman–Crippen MR) is 92.3 cm³/mol. The minimum atomic E-state index is -0.521. The Morgan fingerprint density at radius 2 is 2.13 bits per heavy atom. The first-order chi connectivity index (χ1) is 10.8. The number of aromatic nitrogens is 1. The van der Waals surface area contributed by atoms with E-state index >= 15 is 0 Å². The summed E-state index contributed by atoms with van der Waals surface area (Å²) in [7, 11) is 0. The number of carbonyl (C=O) groups excluding carboxylic acids is 1. The summed E-state index contributed by atoms with van der Waals surface area (Å²) in [5.41, 5.74) is 1.44. The van der Waals surface area contributed by atoms with E-state index in [1.807, 2.05) is 52.1 Å². The Labute approximate surface area is 141 Å². The number of fused-ring (bicyclic) bond motifs is 1. The van der Waals surface area contributed by atoms with E-state index in [9.17, 15) is 4.79 Å². The first-order valence-corrected chi connectivity index (χ1v) is 8.13. The minimum absolute atomic E-state index is 0.193. The zero-order valence-electron chi connectivity index (χ0n) is 13.9. The molecule has 2 rings (SSSR count). The Bertz CT molecular complexity index is 676. The molecule has 2 N–H and O–H groups in total. The number of benzene rings is 1. The second kappa shape index (κ2) is 7.13. The lowest BCUT2D eigenvalue weighted by Gasteiger charge is -2.21. The van der Waals surface area contributed by atoms with Crippen LogP contribution in [0.5, 0.6) is 5.75 Å². The lowest BCUT2D eigenvalue weighted by atomic mass is 10.1. The molecule has 0 bridgehead atoms. The number of alkyl halides is 1. The number of H-pyrrole nitrogens is 1. The molecule has 0 aliphatic rings. The standard InChI is InChI=1S/C17H23ClN2O3/c1-11(20-16(21)23-17(2,3)4)14-10-19-15-6-5-12(9-13(14)15)22-8-7-18/h5-6,9-11,19H,7-8H2,1-4H3,(H,20,21). The zero-order chi connectivity index (χ0) is 17.0. The van der Waals surface area contributed by atoms with Gasteiger partial charge in [-0.15, -0.1) is 11.6 Å². The molecule has 1 aromatic heterocycles. The van der Waals surface area contributed by atoms with Crippen LogP contribution in [0, 0.1) is 0 Å². The number of alkyl carbamates (subject to hydrolysis) is 1. The third-order valence-electron chi connectivity index (χ3n) is 3.23. The highest BCUT2D eigenvalue weighted by atomic mass is 35.5. The molecule has 126 valence electrons. The van der Waals surface area contributed by atoms with Crippen molar-refractivity contribution in [2.45, 2.75) is 39.3 Å². The van der Waals surface area contributed by atoms with E-state index < -0.39 is 11.7 Å². The highest BCUT2D eigenvalue weighted by Gasteiger charge is 2.19. The van der Waals surface area contributed by atoms with Crippen molar-refractivity contribution in [1.82, 2.24) is 10.3 Å². The number of aromatic amines is 1. The van der Waals surface area contributed by atoms with Crippen molar-refractivity contribution < 1.29 is 14.3 Å². The van der Waals surface area contributed by atoms with Gasteiger partial charge < -0.3 is 19.8 Å². The second-order valence-corrected chi connectivity index (χ2v) is 6.73. The average Bonchev–Trinajstić information content (AvgIpc) is 2.85. The molecule has 5 nitrogen and oxygen atoms in total. The molecule has 1 aromatic carbocycles. The quantitative estimate of drug-likeness (QED) is 0.795. The van der Waals surface area contributed by atoms with E-state index in [-0.39, 0.29) is 6.04 Å². The maximum absolute atomic E-state index is 11.9. The highest BCUT2D eigenvalue weighted by molar-refractivity contribution is 6.18. The molecule has 0 spiro atoms. The Hall–Kier alpha value is -1.88. The number of halogens is 1. The summed E-state index contributed by atoms with van der Waals surface area (Å²) in [5.74, 6) is 1.19. The SMILES string of the molecule is CC(NC(=O)OC(C)(C)C)c1c[nH]c2ccc(OCCCl)cc12. The maximum Gasteiger partial charge on any atom is 0.408 e. The van der Waals surface area contributed by atoms with Gasteiger partial charge in [-0.2, -0.15) is 0 Å². The molecule has 1 heterocycles. The molecule has 0 fully saturated rings. The molecule has 0 aliphatic heterocycles. The van der Waals surface area contributed by atoms with Crippen molar-refractivity contribution >= 4 is 28.6 Å². The van der Waals surface area contributed by atoms with Gasteiger partial charge in [-0.3, -0.25) is 0 Å². The summed E-state index contributed by atoms with van der Waals surface area (Å²) >= 11 is 5.65. The van der Waals surface area contributed by atoms with Crippen molar-refractivity contribution in [2.24, 2.45) is 0 Å². The predicted octanol–water partition coefficient (Wildman–Crippen LogP) is 4.37. The van der Waals surface area contributed by atoms with Crippen LogP contribution >= 0.6 is 11.6 Å². The number of hydrogen-bond acceptors (Lipinski definition) is 3. The van der Waals surface area contributed by atoms with Gasteiger partial charge in [0.2, 0.25) is 0 Å².